The number of hydrogen-bond donors (Lipinski definition) is 0. The summed E-state index contributed by atoms with van der Waals surface area (Å²) in [4.78, 5) is 27.7. The fourth-order valence-electron chi connectivity index (χ4n) is 3.50. The van der Waals surface area contributed by atoms with Gasteiger partial charge in [-0.25, -0.2) is 4.79 Å². The predicted octanol–water partition coefficient (Wildman–Crippen LogP) is 2.17. The van der Waals surface area contributed by atoms with E-state index in [9.17, 15) is 9.59 Å². The summed E-state index contributed by atoms with van der Waals surface area (Å²) < 4.78 is 11.1. The highest BCUT2D eigenvalue weighted by Crippen LogP contribution is 2.34. The molecule has 0 aliphatic carbocycles. The zero-order valence-electron chi connectivity index (χ0n) is 13.3. The topological polar surface area (TPSA) is 59.1 Å². The standard InChI is InChI=1S/C17H17ClN2O4/c1-19-9-17(24-16(19)22)4-5-20(10-17)15(21)12-6-11-7-13(18)2-3-14(11)23-8-12/h2-3,6-7H,4-5,8-10H2,1H3/t17-/m0/s1. The smallest absolute Gasteiger partial charge is 0.410 e. The van der Waals surface area contributed by atoms with Crippen LogP contribution in [-0.2, 0) is 9.53 Å². The Labute approximate surface area is 144 Å². The third-order valence-electron chi connectivity index (χ3n) is 4.70. The summed E-state index contributed by atoms with van der Waals surface area (Å²) >= 11 is 6.01. The number of nitrogens with zero attached hydrogens (tertiary/aromatic N) is 2. The molecular weight excluding hydrogens is 332 g/mol. The first-order chi connectivity index (χ1) is 11.5. The number of halogens is 1. The first kappa shape index (κ1) is 15.3. The van der Waals surface area contributed by atoms with Crippen LogP contribution in [0.15, 0.2) is 23.8 Å². The van der Waals surface area contributed by atoms with E-state index in [1.807, 2.05) is 6.08 Å². The van der Waals surface area contributed by atoms with E-state index in [2.05, 4.69) is 0 Å². The molecule has 2 fully saturated rings. The van der Waals surface area contributed by atoms with Gasteiger partial charge in [0.1, 0.15) is 12.4 Å². The molecule has 1 spiro atoms. The average molecular weight is 349 g/mol. The molecule has 0 bridgehead atoms. The molecule has 7 heteroatoms. The lowest BCUT2D eigenvalue weighted by molar-refractivity contribution is -0.127. The molecule has 0 unspecified atom stereocenters. The number of hydrogen-bond acceptors (Lipinski definition) is 4. The van der Waals surface area contributed by atoms with Crippen molar-refractivity contribution in [1.82, 2.24) is 9.80 Å². The van der Waals surface area contributed by atoms with Gasteiger partial charge in [-0.15, -0.1) is 0 Å². The summed E-state index contributed by atoms with van der Waals surface area (Å²) in [5, 5.41) is 0.600. The van der Waals surface area contributed by atoms with E-state index in [1.165, 1.54) is 0 Å². The van der Waals surface area contributed by atoms with E-state index in [-0.39, 0.29) is 18.6 Å². The molecular formula is C17H17ClN2O4. The fourth-order valence-corrected chi connectivity index (χ4v) is 3.68. The quantitative estimate of drug-likeness (QED) is 0.780. The predicted molar refractivity (Wildman–Crippen MR) is 88.0 cm³/mol. The lowest BCUT2D eigenvalue weighted by Gasteiger charge is -2.24. The Hall–Kier alpha value is -2.21. The van der Waals surface area contributed by atoms with Gasteiger partial charge in [-0.2, -0.15) is 0 Å². The molecule has 0 saturated carbocycles. The molecule has 4 rings (SSSR count). The average Bonchev–Trinajstić information content (AvgIpc) is 3.09. The van der Waals surface area contributed by atoms with Crippen LogP contribution in [0, 0.1) is 0 Å². The number of fused-ring (bicyclic) bond motifs is 1. The van der Waals surface area contributed by atoms with Crippen LogP contribution >= 0.6 is 11.6 Å². The van der Waals surface area contributed by atoms with E-state index in [4.69, 9.17) is 21.1 Å². The molecule has 2 saturated heterocycles. The van der Waals surface area contributed by atoms with Crippen molar-refractivity contribution in [2.24, 2.45) is 0 Å². The Morgan fingerprint density at radius 3 is 2.92 bits per heavy atom. The van der Waals surface area contributed by atoms with Crippen LogP contribution in [-0.4, -0.2) is 60.7 Å². The van der Waals surface area contributed by atoms with Crippen LogP contribution in [0.5, 0.6) is 5.75 Å². The minimum atomic E-state index is -0.571. The summed E-state index contributed by atoms with van der Waals surface area (Å²) in [6, 6.07) is 5.34. The SMILES string of the molecule is CN1C[C@]2(CCN(C(=O)C3=Cc4cc(Cl)ccc4OC3)C2)OC1=O. The molecule has 1 aromatic carbocycles. The Kier molecular flexibility index (Phi) is 3.46. The first-order valence-electron chi connectivity index (χ1n) is 7.82. The van der Waals surface area contributed by atoms with Crippen LogP contribution in [0.2, 0.25) is 5.02 Å². The lowest BCUT2D eigenvalue weighted by Crippen LogP contribution is -2.40. The first-order valence-corrected chi connectivity index (χ1v) is 8.20. The zero-order chi connectivity index (χ0) is 16.9. The van der Waals surface area contributed by atoms with Gasteiger partial charge < -0.3 is 19.3 Å². The highest BCUT2D eigenvalue weighted by molar-refractivity contribution is 6.30. The van der Waals surface area contributed by atoms with E-state index in [0.717, 1.165) is 11.3 Å². The van der Waals surface area contributed by atoms with Crippen LogP contribution < -0.4 is 4.74 Å². The van der Waals surface area contributed by atoms with Gasteiger partial charge in [0.25, 0.3) is 5.91 Å². The molecule has 126 valence electrons. The molecule has 3 aliphatic rings. The van der Waals surface area contributed by atoms with Crippen molar-refractivity contribution in [2.75, 3.05) is 33.3 Å². The molecule has 3 aliphatic heterocycles. The van der Waals surface area contributed by atoms with Gasteiger partial charge >= 0.3 is 6.09 Å². The number of carbonyl (C=O) groups is 2. The van der Waals surface area contributed by atoms with Gasteiger partial charge in [-0.3, -0.25) is 4.79 Å². The Morgan fingerprint density at radius 2 is 2.17 bits per heavy atom. The van der Waals surface area contributed by atoms with Gasteiger partial charge in [-0.1, -0.05) is 11.6 Å². The minimum Gasteiger partial charge on any atom is -0.488 e. The highest BCUT2D eigenvalue weighted by Gasteiger charge is 2.49. The molecule has 6 nitrogen and oxygen atoms in total. The number of amides is 2. The lowest BCUT2D eigenvalue weighted by atomic mass is 10.0. The van der Waals surface area contributed by atoms with Crippen molar-refractivity contribution in [1.29, 1.82) is 0 Å². The Bertz CT molecular complexity index is 763. The van der Waals surface area contributed by atoms with Crippen molar-refractivity contribution in [3.05, 3.63) is 34.4 Å². The van der Waals surface area contributed by atoms with Gasteiger partial charge in [0.05, 0.1) is 18.7 Å². The highest BCUT2D eigenvalue weighted by atomic mass is 35.5. The van der Waals surface area contributed by atoms with E-state index < -0.39 is 5.60 Å². The summed E-state index contributed by atoms with van der Waals surface area (Å²) in [6.45, 7) is 1.74. The van der Waals surface area contributed by atoms with Crippen LogP contribution in [0.25, 0.3) is 6.08 Å². The Morgan fingerprint density at radius 1 is 1.33 bits per heavy atom. The monoisotopic (exact) mass is 348 g/mol. The van der Waals surface area contributed by atoms with E-state index >= 15 is 0 Å². The summed E-state index contributed by atoms with van der Waals surface area (Å²) in [5.74, 6) is 0.642. The minimum absolute atomic E-state index is 0.0805. The molecule has 1 aromatic rings. The van der Waals surface area contributed by atoms with Crippen LogP contribution in [0.1, 0.15) is 12.0 Å². The summed E-state index contributed by atoms with van der Waals surface area (Å²) in [5.41, 5.74) is 0.816. The van der Waals surface area contributed by atoms with Crippen molar-refractivity contribution in [2.45, 2.75) is 12.0 Å². The number of benzene rings is 1. The summed E-state index contributed by atoms with van der Waals surface area (Å²) in [6.07, 6.45) is 2.16. The molecule has 0 aromatic heterocycles. The summed E-state index contributed by atoms with van der Waals surface area (Å²) in [7, 11) is 1.71. The van der Waals surface area contributed by atoms with Crippen molar-refractivity contribution < 1.29 is 19.1 Å². The fraction of sp³-hybridized carbons (Fsp3) is 0.412. The second kappa shape index (κ2) is 5.41. The van der Waals surface area contributed by atoms with Crippen LogP contribution in [0.4, 0.5) is 4.79 Å². The molecule has 3 heterocycles. The third kappa shape index (κ3) is 2.51. The maximum Gasteiger partial charge on any atom is 0.410 e. The Balaban J connectivity index is 1.52. The molecule has 24 heavy (non-hydrogen) atoms. The van der Waals surface area contributed by atoms with Crippen molar-refractivity contribution >= 4 is 29.7 Å². The van der Waals surface area contributed by atoms with Crippen molar-refractivity contribution in [3.8, 4) is 5.75 Å². The van der Waals surface area contributed by atoms with Crippen molar-refractivity contribution in [3.63, 3.8) is 0 Å². The normalized spacial score (nSPS) is 25.4. The van der Waals surface area contributed by atoms with Gasteiger partial charge in [0.15, 0.2) is 5.60 Å². The van der Waals surface area contributed by atoms with Gasteiger partial charge in [0.2, 0.25) is 0 Å². The number of rotatable bonds is 1. The van der Waals surface area contributed by atoms with E-state index in [1.54, 1.807) is 35.0 Å². The molecule has 1 atom stereocenters. The third-order valence-corrected chi connectivity index (χ3v) is 4.94. The molecule has 0 radical (unpaired) electrons. The molecule has 0 N–H and O–H groups in total. The molecule has 2 amide bonds. The second-order valence-corrected chi connectivity index (χ2v) is 6.96. The van der Waals surface area contributed by atoms with E-state index in [0.29, 0.717) is 36.7 Å². The number of ether oxygens (including phenoxy) is 2. The number of carbonyl (C=O) groups excluding carboxylic acids is 2. The largest absolute Gasteiger partial charge is 0.488 e. The van der Waals surface area contributed by atoms with Crippen LogP contribution in [0.3, 0.4) is 0 Å². The zero-order valence-corrected chi connectivity index (χ0v) is 14.0. The maximum atomic E-state index is 12.8. The second-order valence-electron chi connectivity index (χ2n) is 6.52. The number of likely N-dealkylation sites (N-methyl/N-ethyl adjacent to an activating group) is 1. The van der Waals surface area contributed by atoms with Gasteiger partial charge in [-0.05, 0) is 24.3 Å². The van der Waals surface area contributed by atoms with Gasteiger partial charge in [0, 0.05) is 30.6 Å². The number of likely N-dealkylation sites (tertiary alicyclic amines) is 1. The maximum absolute atomic E-state index is 12.8.